The zero-order valence-corrected chi connectivity index (χ0v) is 33.6. The van der Waals surface area contributed by atoms with Crippen LogP contribution < -0.4 is 11.1 Å². The minimum atomic E-state index is -0.454. The van der Waals surface area contributed by atoms with Crippen LogP contribution in [-0.4, -0.2) is 184 Å². The maximum Gasteiger partial charge on any atom is 0.407 e. The second-order valence-electron chi connectivity index (χ2n) is 12.4. The molecule has 16 nitrogen and oxygen atoms in total. The maximum atomic E-state index is 12.2. The van der Waals surface area contributed by atoms with Crippen LogP contribution in [0.3, 0.4) is 0 Å². The fraction of sp³-hybridized carbons (Fsp3) is 0.683. The fourth-order valence-electron chi connectivity index (χ4n) is 5.48. The number of hydrogen-bond donors (Lipinski definition) is 2. The Bertz CT molecular complexity index is 1200. The molecule has 0 radical (unpaired) electrons. The van der Waals surface area contributed by atoms with Crippen LogP contribution in [0.15, 0.2) is 48.5 Å². The zero-order chi connectivity index (χ0) is 40.1. The lowest BCUT2D eigenvalue weighted by molar-refractivity contribution is -0.0282. The molecule has 2 aromatic rings. The second-order valence-corrected chi connectivity index (χ2v) is 12.4. The number of carbonyl (C=O) groups is 1. The lowest BCUT2D eigenvalue weighted by atomic mass is 9.98. The molecule has 0 spiro atoms. The molecule has 324 valence electrons. The largest absolute Gasteiger partial charge is 0.449 e. The summed E-state index contributed by atoms with van der Waals surface area (Å²) >= 11 is 0. The molecule has 2 aromatic carbocycles. The van der Waals surface area contributed by atoms with Crippen molar-refractivity contribution in [3.05, 3.63) is 59.7 Å². The van der Waals surface area contributed by atoms with Gasteiger partial charge in [-0.1, -0.05) is 48.5 Å². The summed E-state index contributed by atoms with van der Waals surface area (Å²) in [4.78, 5) is 12.2. The van der Waals surface area contributed by atoms with Crippen molar-refractivity contribution in [1.29, 1.82) is 0 Å². The summed E-state index contributed by atoms with van der Waals surface area (Å²) in [7, 11) is 0. The van der Waals surface area contributed by atoms with Crippen molar-refractivity contribution in [3.63, 3.8) is 0 Å². The summed E-state index contributed by atoms with van der Waals surface area (Å²) in [5, 5.41) is 2.74. The number of carbonyl (C=O) groups excluding carboxylic acids is 1. The molecule has 0 bridgehead atoms. The van der Waals surface area contributed by atoms with Crippen LogP contribution in [0.5, 0.6) is 0 Å². The van der Waals surface area contributed by atoms with E-state index in [0.29, 0.717) is 172 Å². The van der Waals surface area contributed by atoms with E-state index in [9.17, 15) is 4.79 Å². The number of rotatable bonds is 40. The Morgan fingerprint density at radius 3 is 1.02 bits per heavy atom. The van der Waals surface area contributed by atoms with Crippen LogP contribution in [0, 0.1) is 0 Å². The molecule has 0 saturated heterocycles. The van der Waals surface area contributed by atoms with Gasteiger partial charge in [0.2, 0.25) is 0 Å². The van der Waals surface area contributed by atoms with Crippen molar-refractivity contribution in [2.24, 2.45) is 5.73 Å². The Kier molecular flexibility index (Phi) is 30.0. The van der Waals surface area contributed by atoms with Gasteiger partial charge in [0.1, 0.15) is 6.61 Å². The lowest BCUT2D eigenvalue weighted by Gasteiger charge is -2.14. The van der Waals surface area contributed by atoms with Crippen molar-refractivity contribution < 1.29 is 66.4 Å². The fourth-order valence-corrected chi connectivity index (χ4v) is 5.48. The van der Waals surface area contributed by atoms with Gasteiger partial charge in [0.15, 0.2) is 0 Å². The molecule has 0 saturated carbocycles. The molecular formula is C41H66N2O14. The molecule has 3 N–H and O–H groups in total. The number of nitrogens with two attached hydrogens (primary N) is 1. The highest BCUT2D eigenvalue weighted by Gasteiger charge is 2.28. The average Bonchev–Trinajstić information content (AvgIpc) is 3.55. The van der Waals surface area contributed by atoms with Gasteiger partial charge in [-0.25, -0.2) is 4.79 Å². The third kappa shape index (κ3) is 24.0. The minimum absolute atomic E-state index is 0.0349. The van der Waals surface area contributed by atoms with Crippen molar-refractivity contribution in [1.82, 2.24) is 5.32 Å². The first-order chi connectivity index (χ1) is 28.3. The van der Waals surface area contributed by atoms with E-state index in [2.05, 4.69) is 29.6 Å². The molecule has 0 aromatic heterocycles. The van der Waals surface area contributed by atoms with E-state index >= 15 is 0 Å². The van der Waals surface area contributed by atoms with E-state index in [1.807, 2.05) is 24.3 Å². The van der Waals surface area contributed by atoms with Crippen LogP contribution in [0.4, 0.5) is 4.79 Å². The van der Waals surface area contributed by atoms with Gasteiger partial charge >= 0.3 is 6.09 Å². The van der Waals surface area contributed by atoms with Gasteiger partial charge in [-0.2, -0.15) is 0 Å². The van der Waals surface area contributed by atoms with E-state index in [0.717, 1.165) is 0 Å². The summed E-state index contributed by atoms with van der Waals surface area (Å²) in [6.07, 6.45) is -0.454. The predicted molar refractivity (Wildman–Crippen MR) is 212 cm³/mol. The van der Waals surface area contributed by atoms with E-state index in [1.165, 1.54) is 22.3 Å². The molecule has 0 unspecified atom stereocenters. The first-order valence-corrected chi connectivity index (χ1v) is 20.0. The van der Waals surface area contributed by atoms with Crippen molar-refractivity contribution in [2.75, 3.05) is 178 Å². The normalized spacial score (nSPS) is 12.2. The van der Waals surface area contributed by atoms with E-state index in [1.54, 1.807) is 0 Å². The van der Waals surface area contributed by atoms with Gasteiger partial charge in [0.25, 0.3) is 0 Å². The Hall–Kier alpha value is -2.81. The monoisotopic (exact) mass is 810 g/mol. The first kappa shape index (κ1) is 48.6. The van der Waals surface area contributed by atoms with Crippen molar-refractivity contribution >= 4 is 6.09 Å². The maximum absolute atomic E-state index is 12.2. The second kappa shape index (κ2) is 35.2. The molecule has 1 amide bonds. The Labute approximate surface area is 338 Å². The van der Waals surface area contributed by atoms with Gasteiger partial charge in [-0.15, -0.1) is 0 Å². The summed E-state index contributed by atoms with van der Waals surface area (Å²) in [6, 6.07) is 16.5. The zero-order valence-electron chi connectivity index (χ0n) is 33.6. The van der Waals surface area contributed by atoms with Crippen molar-refractivity contribution in [2.45, 2.75) is 5.92 Å². The average molecular weight is 811 g/mol. The Balaban J connectivity index is 0.931. The SMILES string of the molecule is NCCOCCOCCOCCOCCOCCOCCOCCOCCOCCOCCOCCOCCNC(=O)OCC1c2ccccc2-c2ccccc21. The number of alkyl carbamates (subject to hydrolysis) is 1. The number of benzene rings is 2. The van der Waals surface area contributed by atoms with E-state index < -0.39 is 6.09 Å². The van der Waals surface area contributed by atoms with Gasteiger partial charge < -0.3 is 72.6 Å². The number of amides is 1. The third-order valence-electron chi connectivity index (χ3n) is 8.21. The predicted octanol–water partition coefficient (Wildman–Crippen LogP) is 2.68. The molecular weight excluding hydrogens is 744 g/mol. The Morgan fingerprint density at radius 1 is 0.421 bits per heavy atom. The van der Waals surface area contributed by atoms with Gasteiger partial charge in [0.05, 0.1) is 159 Å². The van der Waals surface area contributed by atoms with Gasteiger partial charge in [-0.3, -0.25) is 0 Å². The highest BCUT2D eigenvalue weighted by atomic mass is 16.6. The lowest BCUT2D eigenvalue weighted by Crippen LogP contribution is -2.29. The quantitative estimate of drug-likeness (QED) is 0.0940. The highest BCUT2D eigenvalue weighted by molar-refractivity contribution is 5.79. The standard InChI is InChI=1S/C41H66N2O14/c42-9-11-45-13-15-47-17-19-49-21-23-51-25-27-53-29-31-55-33-34-56-32-30-54-28-26-52-24-22-50-20-18-48-16-14-46-12-10-43-41(44)57-35-40-38-7-3-1-5-36(38)37-6-2-4-8-39(37)40/h1-8,40H,9-35,42H2,(H,43,44). The molecule has 1 aliphatic carbocycles. The molecule has 0 fully saturated rings. The summed E-state index contributed by atoms with van der Waals surface area (Å²) in [5.41, 5.74) is 10.1. The molecule has 0 heterocycles. The Morgan fingerprint density at radius 2 is 0.702 bits per heavy atom. The van der Waals surface area contributed by atoms with E-state index in [4.69, 9.17) is 67.3 Å². The minimum Gasteiger partial charge on any atom is -0.449 e. The van der Waals surface area contributed by atoms with Gasteiger partial charge in [0, 0.05) is 19.0 Å². The van der Waals surface area contributed by atoms with Crippen LogP contribution in [0.2, 0.25) is 0 Å². The first-order valence-electron chi connectivity index (χ1n) is 20.0. The molecule has 3 rings (SSSR count). The number of ether oxygens (including phenoxy) is 13. The van der Waals surface area contributed by atoms with Crippen LogP contribution in [0.1, 0.15) is 17.0 Å². The molecule has 0 aliphatic heterocycles. The number of nitrogens with one attached hydrogen (secondary N) is 1. The van der Waals surface area contributed by atoms with E-state index in [-0.39, 0.29) is 12.5 Å². The summed E-state index contributed by atoms with van der Waals surface area (Å²) < 4.78 is 71.0. The van der Waals surface area contributed by atoms with Crippen LogP contribution >= 0.6 is 0 Å². The van der Waals surface area contributed by atoms with Crippen LogP contribution in [0.25, 0.3) is 11.1 Å². The molecule has 57 heavy (non-hydrogen) atoms. The molecule has 0 atom stereocenters. The molecule has 1 aliphatic rings. The third-order valence-corrected chi connectivity index (χ3v) is 8.21. The number of hydrogen-bond acceptors (Lipinski definition) is 15. The topological polar surface area (TPSA) is 175 Å². The summed E-state index contributed by atoms with van der Waals surface area (Å²) in [6.45, 7) is 12.9. The van der Waals surface area contributed by atoms with Gasteiger partial charge in [-0.05, 0) is 22.3 Å². The number of fused-ring (bicyclic) bond motifs is 3. The highest BCUT2D eigenvalue weighted by Crippen LogP contribution is 2.44. The van der Waals surface area contributed by atoms with Crippen molar-refractivity contribution in [3.8, 4) is 11.1 Å². The molecule has 16 heteroatoms. The van der Waals surface area contributed by atoms with Crippen LogP contribution in [-0.2, 0) is 61.6 Å². The summed E-state index contributed by atoms with van der Waals surface area (Å²) in [5.74, 6) is 0.0349. The smallest absolute Gasteiger partial charge is 0.407 e.